The Balaban J connectivity index is 1.70. The lowest BCUT2D eigenvalue weighted by atomic mass is 10.0. The molecule has 2 aliphatic rings. The van der Waals surface area contributed by atoms with E-state index in [2.05, 4.69) is 11.0 Å². The molecule has 2 heterocycles. The summed E-state index contributed by atoms with van der Waals surface area (Å²) in [5.41, 5.74) is 1.21. The van der Waals surface area contributed by atoms with E-state index in [0.29, 0.717) is 12.6 Å². The summed E-state index contributed by atoms with van der Waals surface area (Å²) in [4.78, 5) is 15.2. The highest BCUT2D eigenvalue weighted by molar-refractivity contribution is 5.48. The highest BCUT2D eigenvalue weighted by atomic mass is 16.5. The summed E-state index contributed by atoms with van der Waals surface area (Å²) in [5.74, 6) is 1.70. The molecule has 114 valence electrons. The first-order valence-electron chi connectivity index (χ1n) is 7.54. The van der Waals surface area contributed by atoms with Crippen molar-refractivity contribution in [2.45, 2.75) is 18.9 Å². The van der Waals surface area contributed by atoms with Crippen LogP contribution >= 0.6 is 0 Å². The lowest BCUT2D eigenvalue weighted by molar-refractivity contribution is -0.118. The Bertz CT molecular complexity index is 506. The minimum Gasteiger partial charge on any atom is -0.493 e. The summed E-state index contributed by atoms with van der Waals surface area (Å²) < 4.78 is 11.3. The molecule has 0 saturated carbocycles. The van der Waals surface area contributed by atoms with Gasteiger partial charge in [-0.25, -0.2) is 0 Å². The fourth-order valence-electron chi connectivity index (χ4n) is 3.20. The van der Waals surface area contributed by atoms with Gasteiger partial charge in [-0.15, -0.1) is 0 Å². The summed E-state index contributed by atoms with van der Waals surface area (Å²) in [6.45, 7) is 4.31. The minimum absolute atomic E-state index is 0.385. The average Bonchev–Trinajstić information content (AvgIpc) is 2.79. The van der Waals surface area contributed by atoms with Crippen LogP contribution in [0.25, 0.3) is 0 Å². The van der Waals surface area contributed by atoms with Crippen LogP contribution in [0.15, 0.2) is 18.2 Å². The van der Waals surface area contributed by atoms with Crippen LogP contribution in [0.2, 0.25) is 0 Å². The van der Waals surface area contributed by atoms with Gasteiger partial charge in [-0.2, -0.15) is 0 Å². The van der Waals surface area contributed by atoms with Crippen molar-refractivity contribution in [1.82, 2.24) is 9.80 Å². The molecule has 1 atom stereocenters. The number of hydrogen-bond acceptors (Lipinski definition) is 4. The van der Waals surface area contributed by atoms with Gasteiger partial charge in [0.15, 0.2) is 11.5 Å². The number of nitrogens with zero attached hydrogens (tertiary/aromatic N) is 2. The third-order valence-corrected chi connectivity index (χ3v) is 4.39. The van der Waals surface area contributed by atoms with Crippen molar-refractivity contribution in [3.8, 4) is 11.5 Å². The fourth-order valence-corrected chi connectivity index (χ4v) is 3.20. The topological polar surface area (TPSA) is 42.0 Å². The van der Waals surface area contributed by atoms with E-state index < -0.39 is 0 Å². The Morgan fingerprint density at radius 3 is 3.00 bits per heavy atom. The van der Waals surface area contributed by atoms with Crippen molar-refractivity contribution in [3.63, 3.8) is 0 Å². The average molecular weight is 290 g/mol. The summed E-state index contributed by atoms with van der Waals surface area (Å²) >= 11 is 0. The molecule has 3 rings (SSSR count). The Labute approximate surface area is 125 Å². The lowest BCUT2D eigenvalue weighted by Gasteiger charge is -2.34. The van der Waals surface area contributed by atoms with Gasteiger partial charge in [-0.05, 0) is 24.5 Å². The van der Waals surface area contributed by atoms with Crippen molar-refractivity contribution in [1.29, 1.82) is 0 Å². The zero-order valence-corrected chi connectivity index (χ0v) is 12.5. The van der Waals surface area contributed by atoms with Gasteiger partial charge in [-0.3, -0.25) is 9.69 Å². The van der Waals surface area contributed by atoms with E-state index in [1.54, 1.807) is 7.11 Å². The number of carbonyl (C=O) groups excluding carboxylic acids is 1. The van der Waals surface area contributed by atoms with Gasteiger partial charge in [0.1, 0.15) is 6.61 Å². The maximum Gasteiger partial charge on any atom is 0.209 e. The summed E-state index contributed by atoms with van der Waals surface area (Å²) in [6, 6.07) is 6.45. The van der Waals surface area contributed by atoms with Gasteiger partial charge in [0, 0.05) is 32.2 Å². The molecule has 0 aliphatic carbocycles. The monoisotopic (exact) mass is 290 g/mol. The first-order chi connectivity index (χ1) is 10.3. The van der Waals surface area contributed by atoms with Gasteiger partial charge >= 0.3 is 0 Å². The molecule has 2 aliphatic heterocycles. The molecule has 0 bridgehead atoms. The third kappa shape index (κ3) is 2.97. The van der Waals surface area contributed by atoms with Crippen molar-refractivity contribution in [2.75, 3.05) is 39.9 Å². The molecule has 1 fully saturated rings. The second-order valence-corrected chi connectivity index (χ2v) is 5.65. The number of carbonyl (C=O) groups is 1. The number of methoxy groups -OCH3 is 1. The van der Waals surface area contributed by atoms with Gasteiger partial charge < -0.3 is 14.4 Å². The molecule has 1 aromatic rings. The largest absolute Gasteiger partial charge is 0.493 e. The number of rotatable bonds is 3. The Kier molecular flexibility index (Phi) is 4.29. The van der Waals surface area contributed by atoms with Gasteiger partial charge in [0.25, 0.3) is 0 Å². The van der Waals surface area contributed by atoms with Crippen molar-refractivity contribution in [3.05, 3.63) is 23.8 Å². The van der Waals surface area contributed by atoms with Crippen LogP contribution in [0.3, 0.4) is 0 Å². The van der Waals surface area contributed by atoms with Crippen LogP contribution in [0.4, 0.5) is 0 Å². The predicted molar refractivity (Wildman–Crippen MR) is 79.8 cm³/mol. The van der Waals surface area contributed by atoms with Crippen LogP contribution < -0.4 is 9.47 Å². The number of ether oxygens (including phenoxy) is 2. The SMILES string of the molecule is COc1cccc2c1OCC(N1CCCN(C=O)CC1)C2. The Morgan fingerprint density at radius 2 is 2.19 bits per heavy atom. The lowest BCUT2D eigenvalue weighted by Crippen LogP contribution is -2.44. The molecule has 1 unspecified atom stereocenters. The number of para-hydroxylation sites is 1. The predicted octanol–water partition coefficient (Wildman–Crippen LogP) is 1.16. The van der Waals surface area contributed by atoms with Gasteiger partial charge in [-0.1, -0.05) is 12.1 Å². The number of benzene rings is 1. The van der Waals surface area contributed by atoms with Crippen LogP contribution in [-0.4, -0.2) is 62.1 Å². The van der Waals surface area contributed by atoms with Gasteiger partial charge in [0.05, 0.1) is 7.11 Å². The van der Waals surface area contributed by atoms with Crippen LogP contribution in [0, 0.1) is 0 Å². The number of fused-ring (bicyclic) bond motifs is 1. The summed E-state index contributed by atoms with van der Waals surface area (Å²) in [6.07, 6.45) is 2.97. The quantitative estimate of drug-likeness (QED) is 0.784. The molecule has 1 saturated heterocycles. The normalized spacial score (nSPS) is 22.9. The molecular weight excluding hydrogens is 268 g/mol. The molecule has 0 radical (unpaired) electrons. The zero-order chi connectivity index (χ0) is 14.7. The minimum atomic E-state index is 0.385. The second kappa shape index (κ2) is 6.35. The molecule has 0 spiro atoms. The van der Waals surface area contributed by atoms with Crippen LogP contribution in [-0.2, 0) is 11.2 Å². The molecule has 0 aromatic heterocycles. The van der Waals surface area contributed by atoms with E-state index in [1.807, 2.05) is 17.0 Å². The first-order valence-corrected chi connectivity index (χ1v) is 7.54. The molecule has 1 aromatic carbocycles. The highest BCUT2D eigenvalue weighted by Gasteiger charge is 2.28. The molecule has 0 N–H and O–H groups in total. The summed E-state index contributed by atoms with van der Waals surface area (Å²) in [7, 11) is 1.67. The van der Waals surface area contributed by atoms with Crippen LogP contribution in [0.1, 0.15) is 12.0 Å². The van der Waals surface area contributed by atoms with E-state index >= 15 is 0 Å². The number of hydrogen-bond donors (Lipinski definition) is 0. The molecular formula is C16H22N2O3. The molecule has 21 heavy (non-hydrogen) atoms. The first kappa shape index (κ1) is 14.2. The van der Waals surface area contributed by atoms with Crippen LogP contribution in [0.5, 0.6) is 11.5 Å². The van der Waals surface area contributed by atoms with E-state index in [9.17, 15) is 4.79 Å². The highest BCUT2D eigenvalue weighted by Crippen LogP contribution is 2.35. The third-order valence-electron chi connectivity index (χ3n) is 4.39. The smallest absolute Gasteiger partial charge is 0.209 e. The van der Waals surface area contributed by atoms with E-state index in [-0.39, 0.29) is 0 Å². The molecule has 5 heteroatoms. The van der Waals surface area contributed by atoms with E-state index in [0.717, 1.165) is 56.9 Å². The summed E-state index contributed by atoms with van der Waals surface area (Å²) in [5, 5.41) is 0. The molecule has 5 nitrogen and oxygen atoms in total. The zero-order valence-electron chi connectivity index (χ0n) is 12.5. The maximum atomic E-state index is 10.9. The van der Waals surface area contributed by atoms with Crippen molar-refractivity contribution >= 4 is 6.41 Å². The standard InChI is InChI=1S/C16H22N2O3/c1-20-15-5-2-4-13-10-14(11-21-16(13)15)18-7-3-6-17(12-19)8-9-18/h2,4-5,12,14H,3,6-11H2,1H3. The van der Waals surface area contributed by atoms with E-state index in [4.69, 9.17) is 9.47 Å². The van der Waals surface area contributed by atoms with Crippen molar-refractivity contribution in [2.24, 2.45) is 0 Å². The maximum absolute atomic E-state index is 10.9. The second-order valence-electron chi connectivity index (χ2n) is 5.65. The fraction of sp³-hybridized carbons (Fsp3) is 0.562. The Morgan fingerprint density at radius 1 is 1.29 bits per heavy atom. The Hall–Kier alpha value is -1.75. The van der Waals surface area contributed by atoms with E-state index in [1.165, 1.54) is 5.56 Å². The molecule has 1 amide bonds. The van der Waals surface area contributed by atoms with Gasteiger partial charge in [0.2, 0.25) is 6.41 Å². The number of amides is 1. The van der Waals surface area contributed by atoms with Crippen molar-refractivity contribution < 1.29 is 14.3 Å².